The maximum absolute atomic E-state index is 13.3. The van der Waals surface area contributed by atoms with Crippen molar-refractivity contribution in [3.63, 3.8) is 0 Å². The first-order chi connectivity index (χ1) is 12.3. The summed E-state index contributed by atoms with van der Waals surface area (Å²) in [7, 11) is 1.68. The molecule has 25 heavy (non-hydrogen) atoms. The molecule has 0 N–H and O–H groups in total. The van der Waals surface area contributed by atoms with Gasteiger partial charge >= 0.3 is 0 Å². The number of anilines is 1. The van der Waals surface area contributed by atoms with Crippen LogP contribution in [0.2, 0.25) is 0 Å². The molecule has 2 heterocycles. The summed E-state index contributed by atoms with van der Waals surface area (Å²) in [6.07, 6.45) is 0.776. The minimum absolute atomic E-state index is 0.0127. The average molecular weight is 352 g/mol. The van der Waals surface area contributed by atoms with E-state index in [0.717, 1.165) is 34.0 Å². The van der Waals surface area contributed by atoms with E-state index in [9.17, 15) is 4.39 Å². The van der Waals surface area contributed by atoms with Crippen LogP contribution in [0.5, 0.6) is 5.75 Å². The van der Waals surface area contributed by atoms with E-state index in [1.807, 2.05) is 29.3 Å². The van der Waals surface area contributed by atoms with Crippen molar-refractivity contribution in [2.75, 3.05) is 12.1 Å². The standard InChI is InChI=1S/C20H17FN2OS/c1-24-19-6-3-2-5-16(19)18-13-17(20-7-4-12-25-20)22-23(18)15-10-8-14(21)9-11-15/h2-12,18H,13H2,1H3/t18-/m0/s1. The van der Waals surface area contributed by atoms with Crippen molar-refractivity contribution >= 4 is 22.7 Å². The molecule has 126 valence electrons. The van der Waals surface area contributed by atoms with E-state index in [1.165, 1.54) is 12.1 Å². The molecule has 0 unspecified atom stereocenters. The lowest BCUT2D eigenvalue weighted by molar-refractivity contribution is 0.405. The van der Waals surface area contributed by atoms with Gasteiger partial charge in [0.15, 0.2) is 0 Å². The third-order valence-electron chi connectivity index (χ3n) is 4.31. The maximum atomic E-state index is 13.3. The monoisotopic (exact) mass is 352 g/mol. The molecule has 0 amide bonds. The molecular weight excluding hydrogens is 335 g/mol. The highest BCUT2D eigenvalue weighted by Crippen LogP contribution is 2.40. The molecule has 1 aliphatic heterocycles. The summed E-state index contributed by atoms with van der Waals surface area (Å²) < 4.78 is 18.9. The Hall–Kier alpha value is -2.66. The van der Waals surface area contributed by atoms with Crippen molar-refractivity contribution in [1.82, 2.24) is 0 Å². The Morgan fingerprint density at radius 3 is 2.60 bits per heavy atom. The molecule has 0 bridgehead atoms. The zero-order valence-electron chi connectivity index (χ0n) is 13.7. The summed E-state index contributed by atoms with van der Waals surface area (Å²) in [6, 6.07) is 18.6. The van der Waals surface area contributed by atoms with Gasteiger partial charge in [0.1, 0.15) is 11.6 Å². The Bertz CT molecular complexity index is 890. The fourth-order valence-electron chi connectivity index (χ4n) is 3.12. The highest BCUT2D eigenvalue weighted by molar-refractivity contribution is 7.12. The molecule has 1 aromatic heterocycles. The van der Waals surface area contributed by atoms with Crippen LogP contribution in [-0.2, 0) is 0 Å². The molecule has 0 saturated heterocycles. The van der Waals surface area contributed by atoms with Crippen LogP contribution >= 0.6 is 11.3 Å². The van der Waals surface area contributed by atoms with Crippen molar-refractivity contribution in [1.29, 1.82) is 0 Å². The van der Waals surface area contributed by atoms with Crippen LogP contribution in [0.25, 0.3) is 0 Å². The lowest BCUT2D eigenvalue weighted by Gasteiger charge is -2.25. The SMILES string of the molecule is COc1ccccc1[C@@H]1CC(c2cccs2)=NN1c1ccc(F)cc1. The van der Waals surface area contributed by atoms with Gasteiger partial charge in [0.25, 0.3) is 0 Å². The summed E-state index contributed by atoms with van der Waals surface area (Å²) in [5, 5.41) is 8.86. The number of nitrogens with zero attached hydrogens (tertiary/aromatic N) is 2. The Balaban J connectivity index is 1.78. The topological polar surface area (TPSA) is 24.8 Å². The Kier molecular flexibility index (Phi) is 4.24. The van der Waals surface area contributed by atoms with Gasteiger partial charge in [0.05, 0.1) is 29.4 Å². The van der Waals surface area contributed by atoms with Crippen molar-refractivity contribution < 1.29 is 9.13 Å². The van der Waals surface area contributed by atoms with Crippen LogP contribution < -0.4 is 9.75 Å². The van der Waals surface area contributed by atoms with E-state index in [2.05, 4.69) is 17.5 Å². The smallest absolute Gasteiger partial charge is 0.124 e. The Morgan fingerprint density at radius 1 is 1.08 bits per heavy atom. The minimum atomic E-state index is -0.251. The lowest BCUT2D eigenvalue weighted by Crippen LogP contribution is -2.19. The molecule has 5 heteroatoms. The molecule has 3 nitrogen and oxygen atoms in total. The van der Waals surface area contributed by atoms with E-state index in [0.29, 0.717) is 0 Å². The van der Waals surface area contributed by atoms with Crippen LogP contribution in [0.3, 0.4) is 0 Å². The van der Waals surface area contributed by atoms with Crippen LogP contribution in [0, 0.1) is 5.82 Å². The summed E-state index contributed by atoms with van der Waals surface area (Å²) in [4.78, 5) is 1.16. The predicted octanol–water partition coefficient (Wildman–Crippen LogP) is 5.25. The molecule has 0 aliphatic carbocycles. The van der Waals surface area contributed by atoms with Gasteiger partial charge in [-0.2, -0.15) is 5.10 Å². The number of ether oxygens (including phenoxy) is 1. The summed E-state index contributed by atoms with van der Waals surface area (Å²) in [6.45, 7) is 0. The number of para-hydroxylation sites is 1. The number of benzene rings is 2. The highest BCUT2D eigenvalue weighted by atomic mass is 32.1. The number of halogens is 1. The Morgan fingerprint density at radius 2 is 1.88 bits per heavy atom. The molecule has 0 fully saturated rings. The largest absolute Gasteiger partial charge is 0.496 e. The van der Waals surface area contributed by atoms with Crippen LogP contribution in [0.4, 0.5) is 10.1 Å². The van der Waals surface area contributed by atoms with Crippen molar-refractivity contribution in [2.24, 2.45) is 5.10 Å². The number of hydrazone groups is 1. The van der Waals surface area contributed by atoms with Crippen LogP contribution in [-0.4, -0.2) is 12.8 Å². The van der Waals surface area contributed by atoms with Crippen molar-refractivity contribution in [2.45, 2.75) is 12.5 Å². The van der Waals surface area contributed by atoms with Gasteiger partial charge in [-0.15, -0.1) is 11.3 Å². The molecular formula is C20H17FN2OS. The summed E-state index contributed by atoms with van der Waals surface area (Å²) in [5.41, 5.74) is 2.98. The number of hydrogen-bond donors (Lipinski definition) is 0. The second-order valence-electron chi connectivity index (χ2n) is 5.81. The molecule has 3 aromatic rings. The maximum Gasteiger partial charge on any atom is 0.124 e. The molecule has 0 spiro atoms. The molecule has 2 aromatic carbocycles. The first kappa shape index (κ1) is 15.8. The van der Waals surface area contributed by atoms with Crippen molar-refractivity contribution in [3.8, 4) is 5.75 Å². The van der Waals surface area contributed by atoms with E-state index in [-0.39, 0.29) is 11.9 Å². The second-order valence-corrected chi connectivity index (χ2v) is 6.75. The molecule has 4 rings (SSSR count). The van der Waals surface area contributed by atoms with E-state index in [1.54, 1.807) is 30.6 Å². The van der Waals surface area contributed by atoms with E-state index >= 15 is 0 Å². The van der Waals surface area contributed by atoms with Crippen LogP contribution in [0.1, 0.15) is 22.9 Å². The fourth-order valence-corrected chi connectivity index (χ4v) is 3.84. The normalized spacial score (nSPS) is 16.8. The zero-order chi connectivity index (χ0) is 17.2. The minimum Gasteiger partial charge on any atom is -0.496 e. The van der Waals surface area contributed by atoms with Gasteiger partial charge in [-0.3, -0.25) is 5.01 Å². The third-order valence-corrected chi connectivity index (χ3v) is 5.22. The molecule has 1 aliphatic rings. The van der Waals surface area contributed by atoms with Gasteiger partial charge in [-0.25, -0.2) is 4.39 Å². The molecule has 1 atom stereocenters. The first-order valence-corrected chi connectivity index (χ1v) is 8.93. The van der Waals surface area contributed by atoms with E-state index < -0.39 is 0 Å². The van der Waals surface area contributed by atoms with Gasteiger partial charge in [0.2, 0.25) is 0 Å². The van der Waals surface area contributed by atoms with Gasteiger partial charge in [-0.1, -0.05) is 24.3 Å². The molecule has 0 saturated carbocycles. The summed E-state index contributed by atoms with van der Waals surface area (Å²) >= 11 is 1.68. The number of rotatable bonds is 4. The second kappa shape index (κ2) is 6.69. The Labute approximate surface area is 150 Å². The number of thiophene rings is 1. The number of methoxy groups -OCH3 is 1. The summed E-state index contributed by atoms with van der Waals surface area (Å²) in [5.74, 6) is 0.585. The first-order valence-electron chi connectivity index (χ1n) is 8.05. The molecule has 0 radical (unpaired) electrons. The third kappa shape index (κ3) is 3.03. The quantitative estimate of drug-likeness (QED) is 0.640. The van der Waals surface area contributed by atoms with Crippen molar-refractivity contribution in [3.05, 3.63) is 82.3 Å². The highest BCUT2D eigenvalue weighted by Gasteiger charge is 2.32. The fraction of sp³-hybridized carbons (Fsp3) is 0.150. The zero-order valence-corrected chi connectivity index (χ0v) is 14.5. The van der Waals surface area contributed by atoms with Crippen LogP contribution in [0.15, 0.2) is 71.1 Å². The van der Waals surface area contributed by atoms with E-state index in [4.69, 9.17) is 9.84 Å². The van der Waals surface area contributed by atoms with Gasteiger partial charge in [-0.05, 0) is 41.8 Å². The lowest BCUT2D eigenvalue weighted by atomic mass is 10.00. The number of hydrogen-bond acceptors (Lipinski definition) is 4. The van der Waals surface area contributed by atoms with Gasteiger partial charge in [0, 0.05) is 12.0 Å². The van der Waals surface area contributed by atoms with Gasteiger partial charge < -0.3 is 4.74 Å². The average Bonchev–Trinajstić information content (AvgIpc) is 3.32. The predicted molar refractivity (Wildman–Crippen MR) is 100 cm³/mol.